The highest BCUT2D eigenvalue weighted by atomic mass is 35.5. The second-order valence-corrected chi connectivity index (χ2v) is 8.10. The van der Waals surface area contributed by atoms with E-state index in [1.54, 1.807) is 10.7 Å². The van der Waals surface area contributed by atoms with Gasteiger partial charge in [-0.2, -0.15) is 0 Å². The average molecular weight is 418 g/mol. The molecule has 0 unspecified atom stereocenters. The van der Waals surface area contributed by atoms with Gasteiger partial charge in [0.25, 0.3) is 5.91 Å². The molecule has 4 rings (SSSR count). The molecule has 0 spiro atoms. The van der Waals surface area contributed by atoms with Gasteiger partial charge < -0.3 is 15.7 Å². The topological polar surface area (TPSA) is 94.0 Å². The van der Waals surface area contributed by atoms with Crippen LogP contribution in [0.5, 0.6) is 0 Å². The first kappa shape index (κ1) is 22.6. The molecule has 29 heavy (non-hydrogen) atoms. The fourth-order valence-corrected chi connectivity index (χ4v) is 3.36. The number of hydrogen-bond acceptors (Lipinski definition) is 4. The number of carbonyl (C=O) groups excluding carboxylic acids is 1. The molecule has 1 aromatic carbocycles. The quantitative estimate of drug-likeness (QED) is 0.705. The number of hydrogen-bond donors (Lipinski definition) is 1. The number of amides is 1. The van der Waals surface area contributed by atoms with E-state index in [1.165, 1.54) is 18.4 Å². The van der Waals surface area contributed by atoms with Gasteiger partial charge in [-0.05, 0) is 48.1 Å². The van der Waals surface area contributed by atoms with Crippen LogP contribution >= 0.6 is 12.4 Å². The first-order chi connectivity index (χ1) is 12.9. The minimum atomic E-state index is -0.168. The Morgan fingerprint density at radius 2 is 1.69 bits per heavy atom. The Bertz CT molecular complexity index is 973. The maximum absolute atomic E-state index is 12.5. The maximum atomic E-state index is 12.5. The molecule has 1 aliphatic heterocycles. The van der Waals surface area contributed by atoms with E-state index in [1.807, 2.05) is 36.4 Å². The van der Waals surface area contributed by atoms with E-state index in [-0.39, 0.29) is 29.2 Å². The zero-order chi connectivity index (χ0) is 19.0. The van der Waals surface area contributed by atoms with Crippen LogP contribution in [0.15, 0.2) is 42.6 Å². The molecule has 0 aliphatic carbocycles. The number of fused-ring (bicyclic) bond motifs is 1. The number of nitrogens with zero attached hydrogens (tertiary/aromatic N) is 4. The van der Waals surface area contributed by atoms with Crippen LogP contribution in [0.2, 0.25) is 0 Å². The fourth-order valence-electron chi connectivity index (χ4n) is 3.36. The van der Waals surface area contributed by atoms with Gasteiger partial charge in [0.05, 0.1) is 6.20 Å². The van der Waals surface area contributed by atoms with Crippen molar-refractivity contribution in [3.8, 4) is 0 Å². The second-order valence-electron chi connectivity index (χ2n) is 8.10. The lowest BCUT2D eigenvalue weighted by Gasteiger charge is -2.18. The van der Waals surface area contributed by atoms with Crippen molar-refractivity contribution < 1.29 is 10.3 Å². The van der Waals surface area contributed by atoms with E-state index in [2.05, 4.69) is 41.1 Å². The third-order valence-corrected chi connectivity index (χ3v) is 4.99. The van der Waals surface area contributed by atoms with Gasteiger partial charge in [0.15, 0.2) is 11.5 Å². The first-order valence-electron chi connectivity index (χ1n) is 9.43. The minimum absolute atomic E-state index is 0. The monoisotopic (exact) mass is 417 g/mol. The molecule has 156 valence electrons. The molecule has 1 amide bonds. The van der Waals surface area contributed by atoms with Crippen LogP contribution in [0.25, 0.3) is 5.65 Å². The highest BCUT2D eigenvalue weighted by Crippen LogP contribution is 2.23. The summed E-state index contributed by atoms with van der Waals surface area (Å²) < 4.78 is 1.73. The molecule has 3 aromatic rings. The first-order valence-corrected chi connectivity index (χ1v) is 9.43. The number of benzene rings is 1. The molecular formula is C21H28ClN5O2. The van der Waals surface area contributed by atoms with E-state index in [0.717, 1.165) is 24.6 Å². The molecule has 0 bridgehead atoms. The van der Waals surface area contributed by atoms with Gasteiger partial charge >= 0.3 is 0 Å². The summed E-state index contributed by atoms with van der Waals surface area (Å²) in [7, 11) is 0. The third kappa shape index (κ3) is 4.86. The summed E-state index contributed by atoms with van der Waals surface area (Å²) in [6.45, 7) is 8.55. The zero-order valence-corrected chi connectivity index (χ0v) is 17.8. The standard InChI is InChI=1S/C21H25N5O.ClH.H2O/c1-21(2,3)16-8-6-15(7-9-16)20(27)23-17-14-26-18(22-17)10-11-19(24-26)25-12-4-5-13-25;;/h6-11,14H,4-5,12-13H2,1-3H3,(H,23,27);1H;1H2. The Balaban J connectivity index is 0.00000150. The normalized spacial score (nSPS) is 13.7. The second kappa shape index (κ2) is 8.80. The van der Waals surface area contributed by atoms with E-state index in [9.17, 15) is 4.79 Å². The highest BCUT2D eigenvalue weighted by Gasteiger charge is 2.16. The molecule has 0 atom stereocenters. The van der Waals surface area contributed by atoms with Crippen LogP contribution in [0, 0.1) is 0 Å². The lowest BCUT2D eigenvalue weighted by Crippen LogP contribution is -2.19. The van der Waals surface area contributed by atoms with Crippen LogP contribution < -0.4 is 10.2 Å². The predicted octanol–water partition coefficient (Wildman–Crippen LogP) is 3.48. The lowest BCUT2D eigenvalue weighted by atomic mass is 9.87. The molecule has 1 fully saturated rings. The van der Waals surface area contributed by atoms with Gasteiger partial charge in [-0.15, -0.1) is 17.5 Å². The average Bonchev–Trinajstić information content (AvgIpc) is 3.29. The van der Waals surface area contributed by atoms with Crippen LogP contribution in [0.3, 0.4) is 0 Å². The largest absolute Gasteiger partial charge is 0.412 e. The van der Waals surface area contributed by atoms with Gasteiger partial charge in [-0.1, -0.05) is 32.9 Å². The van der Waals surface area contributed by atoms with Gasteiger partial charge in [-0.3, -0.25) is 4.79 Å². The number of aromatic nitrogens is 3. The predicted molar refractivity (Wildman–Crippen MR) is 118 cm³/mol. The lowest BCUT2D eigenvalue weighted by molar-refractivity contribution is 0.102. The van der Waals surface area contributed by atoms with Crippen molar-refractivity contribution in [2.45, 2.75) is 39.0 Å². The number of halogens is 1. The molecule has 2 aromatic heterocycles. The summed E-state index contributed by atoms with van der Waals surface area (Å²) in [5, 5.41) is 7.50. The molecule has 0 radical (unpaired) electrons. The van der Waals surface area contributed by atoms with Gasteiger partial charge in [0.2, 0.25) is 0 Å². The molecule has 0 saturated carbocycles. The zero-order valence-electron chi connectivity index (χ0n) is 17.0. The molecule has 3 heterocycles. The van der Waals surface area contributed by atoms with Crippen molar-refractivity contribution in [2.75, 3.05) is 23.3 Å². The maximum Gasteiger partial charge on any atom is 0.256 e. The number of carbonyl (C=O) groups is 1. The van der Waals surface area contributed by atoms with Crippen LogP contribution in [0.4, 0.5) is 11.6 Å². The molecule has 8 heteroatoms. The Morgan fingerprint density at radius 1 is 1.03 bits per heavy atom. The van der Waals surface area contributed by atoms with Gasteiger partial charge in [0.1, 0.15) is 5.82 Å². The van der Waals surface area contributed by atoms with Gasteiger partial charge in [0, 0.05) is 18.7 Å². The smallest absolute Gasteiger partial charge is 0.256 e. The SMILES string of the molecule is CC(C)(C)c1ccc(C(=O)Nc2cn3nc(N4CCCC4)ccc3n2)cc1.Cl.O. The fraction of sp³-hybridized carbons (Fsp3) is 0.381. The van der Waals surface area contributed by atoms with Gasteiger partial charge in [-0.25, -0.2) is 9.50 Å². The van der Waals surface area contributed by atoms with Crippen molar-refractivity contribution in [1.29, 1.82) is 0 Å². The number of nitrogens with one attached hydrogen (secondary N) is 1. The Hall–Kier alpha value is -2.64. The van der Waals surface area contributed by atoms with E-state index in [0.29, 0.717) is 11.4 Å². The summed E-state index contributed by atoms with van der Waals surface area (Å²) >= 11 is 0. The van der Waals surface area contributed by atoms with Crippen LogP contribution in [-0.2, 0) is 5.41 Å². The molecule has 3 N–H and O–H groups in total. The third-order valence-electron chi connectivity index (χ3n) is 4.99. The Morgan fingerprint density at radius 3 is 2.31 bits per heavy atom. The van der Waals surface area contributed by atoms with Crippen LogP contribution in [-0.4, -0.2) is 39.1 Å². The van der Waals surface area contributed by atoms with E-state index in [4.69, 9.17) is 0 Å². The number of anilines is 2. The number of rotatable bonds is 3. The molecule has 1 saturated heterocycles. The molecule has 1 aliphatic rings. The highest BCUT2D eigenvalue weighted by molar-refractivity contribution is 6.03. The summed E-state index contributed by atoms with van der Waals surface area (Å²) in [4.78, 5) is 19.3. The molecular weight excluding hydrogens is 390 g/mol. The van der Waals surface area contributed by atoms with E-state index >= 15 is 0 Å². The summed E-state index contributed by atoms with van der Waals surface area (Å²) in [5.41, 5.74) is 2.60. The van der Waals surface area contributed by atoms with Crippen molar-refractivity contribution in [3.05, 3.63) is 53.7 Å². The van der Waals surface area contributed by atoms with Crippen molar-refractivity contribution in [2.24, 2.45) is 0 Å². The minimum Gasteiger partial charge on any atom is -0.412 e. The van der Waals surface area contributed by atoms with Crippen molar-refractivity contribution in [1.82, 2.24) is 14.6 Å². The Labute approximate surface area is 176 Å². The van der Waals surface area contributed by atoms with E-state index < -0.39 is 0 Å². The summed E-state index contributed by atoms with van der Waals surface area (Å²) in [5.74, 6) is 1.29. The van der Waals surface area contributed by atoms with Crippen molar-refractivity contribution >= 4 is 35.6 Å². The summed E-state index contributed by atoms with van der Waals surface area (Å²) in [6, 6.07) is 11.6. The number of imidazole rings is 1. The van der Waals surface area contributed by atoms with Crippen LogP contribution in [0.1, 0.15) is 49.5 Å². The molecule has 7 nitrogen and oxygen atoms in total. The van der Waals surface area contributed by atoms with Crippen molar-refractivity contribution in [3.63, 3.8) is 0 Å². The Kier molecular flexibility index (Phi) is 6.87. The summed E-state index contributed by atoms with van der Waals surface area (Å²) in [6.07, 6.45) is 4.17.